The molecular weight excluding hydrogens is 480 g/mol. The average Bonchev–Trinajstić information content (AvgIpc) is 2.78. The van der Waals surface area contributed by atoms with Crippen molar-refractivity contribution < 1.29 is 14.3 Å². The molecule has 0 aliphatic carbocycles. The number of halogens is 1. The Balaban J connectivity index is 1.85. The summed E-state index contributed by atoms with van der Waals surface area (Å²) in [5.41, 5.74) is 8.58. The zero-order chi connectivity index (χ0) is 23.1. The van der Waals surface area contributed by atoms with Gasteiger partial charge >= 0.3 is 0 Å². The van der Waals surface area contributed by atoms with Crippen LogP contribution in [0.5, 0.6) is 11.5 Å². The van der Waals surface area contributed by atoms with Crippen molar-refractivity contribution in [2.75, 3.05) is 19.1 Å². The van der Waals surface area contributed by atoms with Gasteiger partial charge in [0, 0.05) is 5.56 Å². The molecule has 0 saturated carbocycles. The Bertz CT molecular complexity index is 1270. The largest absolute Gasteiger partial charge is 0.493 e. The van der Waals surface area contributed by atoms with Crippen LogP contribution in [-0.4, -0.2) is 35.8 Å². The lowest BCUT2D eigenvalue weighted by Crippen LogP contribution is -2.20. The first-order valence-electron chi connectivity index (χ1n) is 9.10. The molecule has 4 N–H and O–H groups in total. The first kappa shape index (κ1) is 22.5. The molecule has 0 unspecified atom stereocenters. The van der Waals surface area contributed by atoms with Crippen molar-refractivity contribution in [1.29, 1.82) is 5.26 Å². The summed E-state index contributed by atoms with van der Waals surface area (Å²) in [7, 11) is 1.45. The highest BCUT2D eigenvalue weighted by molar-refractivity contribution is 9.10. The van der Waals surface area contributed by atoms with E-state index in [-0.39, 0.29) is 23.8 Å². The highest BCUT2D eigenvalue weighted by Gasteiger charge is 2.14. The van der Waals surface area contributed by atoms with E-state index < -0.39 is 11.5 Å². The number of amides is 1. The molecule has 32 heavy (non-hydrogen) atoms. The molecule has 162 valence electrons. The minimum Gasteiger partial charge on any atom is -0.493 e. The summed E-state index contributed by atoms with van der Waals surface area (Å²) < 4.78 is 11.2. The van der Waals surface area contributed by atoms with Gasteiger partial charge in [-0.15, -0.1) is 0 Å². The average molecular weight is 497 g/mol. The third-order valence-corrected chi connectivity index (χ3v) is 4.66. The van der Waals surface area contributed by atoms with Crippen molar-refractivity contribution in [2.24, 2.45) is 10.8 Å². The zero-order valence-electron chi connectivity index (χ0n) is 16.8. The van der Waals surface area contributed by atoms with Crippen molar-refractivity contribution in [3.63, 3.8) is 0 Å². The number of carbonyl (C=O) groups is 1. The smallest absolute Gasteiger partial charge is 0.270 e. The highest BCUT2D eigenvalue weighted by atomic mass is 79.9. The molecule has 0 saturated heterocycles. The van der Waals surface area contributed by atoms with Crippen molar-refractivity contribution >= 4 is 34.0 Å². The van der Waals surface area contributed by atoms with Crippen LogP contribution in [0.2, 0.25) is 0 Å². The molecule has 1 heterocycles. The fourth-order valence-electron chi connectivity index (χ4n) is 2.70. The van der Waals surface area contributed by atoms with Crippen LogP contribution in [0.4, 0.5) is 5.95 Å². The Morgan fingerprint density at radius 2 is 2.12 bits per heavy atom. The Hall–Kier alpha value is -4.17. The van der Waals surface area contributed by atoms with Gasteiger partial charge in [-0.25, -0.2) is 10.4 Å². The van der Waals surface area contributed by atoms with Crippen LogP contribution in [0, 0.1) is 11.3 Å². The maximum atomic E-state index is 12.3. The lowest BCUT2D eigenvalue weighted by Gasteiger charge is -2.12. The van der Waals surface area contributed by atoms with Crippen molar-refractivity contribution in [3.05, 3.63) is 68.4 Å². The number of nitrogens with one attached hydrogen (secondary N) is 2. The molecule has 0 aliphatic rings. The summed E-state index contributed by atoms with van der Waals surface area (Å²) in [4.78, 5) is 30.1. The number of rotatable bonds is 8. The van der Waals surface area contributed by atoms with Gasteiger partial charge in [-0.1, -0.05) is 30.3 Å². The monoisotopic (exact) mass is 496 g/mol. The van der Waals surface area contributed by atoms with Crippen LogP contribution in [0.25, 0.3) is 11.3 Å². The number of ether oxygens (including phenoxy) is 2. The quantitative estimate of drug-likeness (QED) is 0.319. The minimum atomic E-state index is -0.618. The lowest BCUT2D eigenvalue weighted by molar-refractivity contribution is -0.119. The lowest BCUT2D eigenvalue weighted by atomic mass is 10.1. The van der Waals surface area contributed by atoms with E-state index in [1.165, 1.54) is 13.3 Å². The number of nitrogens with two attached hydrogens (primary N) is 1. The number of hydrogen-bond donors (Lipinski definition) is 3. The van der Waals surface area contributed by atoms with E-state index in [9.17, 15) is 14.9 Å². The molecule has 0 fully saturated rings. The van der Waals surface area contributed by atoms with Crippen LogP contribution in [0.1, 0.15) is 11.1 Å². The molecule has 3 aromatic rings. The Morgan fingerprint density at radius 1 is 1.38 bits per heavy atom. The molecule has 11 heteroatoms. The SMILES string of the molecule is COc1cc(C=NNc2nc(-c3ccccc3)c(C#N)c(=O)[nH]2)cc(Br)c1OCC(N)=O. The molecule has 3 rings (SSSR count). The molecular formula is C21H17BrN6O4. The summed E-state index contributed by atoms with van der Waals surface area (Å²) in [5, 5.41) is 13.4. The van der Waals surface area contributed by atoms with Gasteiger partial charge in [0.25, 0.3) is 11.5 Å². The topological polar surface area (TPSA) is 155 Å². The number of aromatic amines is 1. The number of anilines is 1. The molecule has 0 spiro atoms. The number of hydrogen-bond acceptors (Lipinski definition) is 8. The van der Waals surface area contributed by atoms with E-state index in [4.69, 9.17) is 15.2 Å². The third kappa shape index (κ3) is 5.30. The van der Waals surface area contributed by atoms with Crippen LogP contribution >= 0.6 is 15.9 Å². The van der Waals surface area contributed by atoms with E-state index >= 15 is 0 Å². The van der Waals surface area contributed by atoms with Crippen LogP contribution in [-0.2, 0) is 4.79 Å². The van der Waals surface area contributed by atoms with Crippen LogP contribution < -0.4 is 26.2 Å². The van der Waals surface area contributed by atoms with Gasteiger partial charge in [-0.05, 0) is 33.6 Å². The number of hydrazone groups is 1. The maximum Gasteiger partial charge on any atom is 0.270 e. The summed E-state index contributed by atoms with van der Waals surface area (Å²) in [5.74, 6) is 0.129. The van der Waals surface area contributed by atoms with Gasteiger partial charge in [0.15, 0.2) is 18.1 Å². The number of methoxy groups -OCH3 is 1. The first-order chi connectivity index (χ1) is 15.4. The number of H-pyrrole nitrogens is 1. The van der Waals surface area contributed by atoms with E-state index in [2.05, 4.69) is 36.4 Å². The van der Waals surface area contributed by atoms with Gasteiger partial charge in [0.2, 0.25) is 5.95 Å². The second-order valence-electron chi connectivity index (χ2n) is 6.28. The summed E-state index contributed by atoms with van der Waals surface area (Å²) in [6.07, 6.45) is 1.46. The number of nitrogens with zero attached hydrogens (tertiary/aromatic N) is 3. The summed E-state index contributed by atoms with van der Waals surface area (Å²) >= 11 is 3.36. The maximum absolute atomic E-state index is 12.3. The van der Waals surface area contributed by atoms with Gasteiger partial charge in [0.05, 0.1) is 23.5 Å². The standard InChI is InChI=1S/C21H17BrN6O4/c1-31-16-8-12(7-15(22)19(16)32-11-17(24)29)10-25-28-21-26-18(13-5-3-2-4-6-13)14(9-23)20(30)27-21/h2-8,10H,11H2,1H3,(H2,24,29)(H2,26,27,28,30). The summed E-state index contributed by atoms with van der Waals surface area (Å²) in [6, 6.07) is 14.1. The second-order valence-corrected chi connectivity index (χ2v) is 7.13. The predicted octanol–water partition coefficient (Wildman–Crippen LogP) is 2.39. The third-order valence-electron chi connectivity index (χ3n) is 4.07. The normalized spacial score (nSPS) is 10.5. The first-order valence-corrected chi connectivity index (χ1v) is 9.89. The minimum absolute atomic E-state index is 0.0662. The summed E-state index contributed by atoms with van der Waals surface area (Å²) in [6.45, 7) is -0.300. The number of nitriles is 1. The van der Waals surface area contributed by atoms with Gasteiger partial charge in [-0.2, -0.15) is 10.4 Å². The molecule has 0 atom stereocenters. The molecule has 0 bridgehead atoms. The Morgan fingerprint density at radius 3 is 2.78 bits per heavy atom. The number of primary amides is 1. The molecule has 1 aromatic heterocycles. The molecule has 1 amide bonds. The number of benzene rings is 2. The van der Waals surface area contributed by atoms with Crippen molar-refractivity contribution in [3.8, 4) is 28.8 Å². The fraction of sp³-hybridized carbons (Fsp3) is 0.0952. The Labute approximate surface area is 190 Å². The zero-order valence-corrected chi connectivity index (χ0v) is 18.3. The van der Waals surface area contributed by atoms with Crippen molar-refractivity contribution in [2.45, 2.75) is 0 Å². The predicted molar refractivity (Wildman–Crippen MR) is 122 cm³/mol. The Kier molecular flexibility index (Phi) is 7.20. The molecule has 10 nitrogen and oxygen atoms in total. The highest BCUT2D eigenvalue weighted by Crippen LogP contribution is 2.36. The second kappa shape index (κ2) is 10.2. The van der Waals surface area contributed by atoms with E-state index in [1.54, 1.807) is 36.4 Å². The van der Waals surface area contributed by atoms with Crippen LogP contribution in [0.3, 0.4) is 0 Å². The molecule has 2 aromatic carbocycles. The van der Waals surface area contributed by atoms with Gasteiger partial charge in [0.1, 0.15) is 11.6 Å². The fourth-order valence-corrected chi connectivity index (χ4v) is 3.27. The number of carbonyl (C=O) groups excluding carboxylic acids is 1. The molecule has 0 radical (unpaired) electrons. The van der Waals surface area contributed by atoms with E-state index in [1.807, 2.05) is 12.1 Å². The molecule has 0 aliphatic heterocycles. The van der Waals surface area contributed by atoms with Gasteiger partial charge < -0.3 is 15.2 Å². The van der Waals surface area contributed by atoms with E-state index in [0.29, 0.717) is 27.1 Å². The van der Waals surface area contributed by atoms with Crippen molar-refractivity contribution in [1.82, 2.24) is 9.97 Å². The van der Waals surface area contributed by atoms with Crippen LogP contribution in [0.15, 0.2) is 56.8 Å². The number of aromatic nitrogens is 2. The van der Waals surface area contributed by atoms with Gasteiger partial charge in [-0.3, -0.25) is 14.6 Å². The van der Waals surface area contributed by atoms with E-state index in [0.717, 1.165) is 0 Å².